The third kappa shape index (κ3) is 2.80. The van der Waals surface area contributed by atoms with Gasteiger partial charge >= 0.3 is 5.88 Å². The van der Waals surface area contributed by atoms with Crippen LogP contribution in [0.25, 0.3) is 16.7 Å². The van der Waals surface area contributed by atoms with Crippen molar-refractivity contribution in [1.82, 2.24) is 9.55 Å². The molecule has 2 aromatic carbocycles. The molecule has 0 atom stereocenters. The van der Waals surface area contributed by atoms with Crippen LogP contribution in [-0.2, 0) is 0 Å². The maximum atomic E-state index is 12.1. The van der Waals surface area contributed by atoms with Crippen molar-refractivity contribution in [1.29, 1.82) is 0 Å². The minimum atomic E-state index is -0.693. The van der Waals surface area contributed by atoms with E-state index in [9.17, 15) is 14.9 Å². The second kappa shape index (κ2) is 6.17. The van der Waals surface area contributed by atoms with Gasteiger partial charge in [0.05, 0.1) is 17.1 Å². The van der Waals surface area contributed by atoms with E-state index < -0.39 is 16.7 Å². The molecule has 0 saturated carbocycles. The first-order valence-electron chi connectivity index (χ1n) is 7.70. The molecule has 4 rings (SSSR count). The largest absolute Gasteiger partial charge is 0.433 e. The third-order valence-electron chi connectivity index (χ3n) is 3.85. The van der Waals surface area contributed by atoms with Crippen LogP contribution in [0.1, 0.15) is 10.6 Å². The number of nitro groups is 1. The molecule has 2 aromatic heterocycles. The van der Waals surface area contributed by atoms with Crippen LogP contribution < -0.4 is 5.32 Å². The van der Waals surface area contributed by atoms with Gasteiger partial charge in [0.15, 0.2) is 5.76 Å². The Labute approximate surface area is 146 Å². The van der Waals surface area contributed by atoms with E-state index in [4.69, 9.17) is 4.42 Å². The van der Waals surface area contributed by atoms with Crippen molar-refractivity contribution in [2.75, 3.05) is 5.32 Å². The van der Waals surface area contributed by atoms with Crippen LogP contribution in [0.2, 0.25) is 0 Å². The van der Waals surface area contributed by atoms with Crippen LogP contribution in [0.3, 0.4) is 0 Å². The van der Waals surface area contributed by atoms with Crippen molar-refractivity contribution in [2.24, 2.45) is 0 Å². The number of aromatic nitrogens is 2. The van der Waals surface area contributed by atoms with Crippen LogP contribution in [0.4, 0.5) is 11.6 Å². The number of imidazole rings is 1. The van der Waals surface area contributed by atoms with E-state index >= 15 is 0 Å². The lowest BCUT2D eigenvalue weighted by Crippen LogP contribution is -2.10. The first-order chi connectivity index (χ1) is 12.6. The number of hydrogen-bond donors (Lipinski definition) is 1. The summed E-state index contributed by atoms with van der Waals surface area (Å²) in [6, 6.07) is 17.3. The summed E-state index contributed by atoms with van der Waals surface area (Å²) in [5.74, 6) is -1.15. The molecular weight excluding hydrogens is 336 g/mol. The average molecular weight is 348 g/mol. The standard InChI is InChI=1S/C18H12N4O4/c23-18(16-9-10-17(26-16)22(24)25)20-12-5-7-13(8-6-12)21-11-19-14-3-1-2-4-15(14)21/h1-11H,(H,20,23). The minimum absolute atomic E-state index is 0.124. The second-order valence-corrected chi connectivity index (χ2v) is 5.50. The predicted molar refractivity (Wildman–Crippen MR) is 94.4 cm³/mol. The van der Waals surface area contributed by atoms with Gasteiger partial charge < -0.3 is 9.73 Å². The van der Waals surface area contributed by atoms with Crippen LogP contribution in [0, 0.1) is 10.1 Å². The zero-order chi connectivity index (χ0) is 18.1. The molecule has 0 saturated heterocycles. The SMILES string of the molecule is O=C(Nc1ccc(-n2cnc3ccccc32)cc1)c1ccc([N+](=O)[O-])o1. The monoisotopic (exact) mass is 348 g/mol. The van der Waals surface area contributed by atoms with E-state index in [0.29, 0.717) is 5.69 Å². The lowest BCUT2D eigenvalue weighted by atomic mass is 10.2. The highest BCUT2D eigenvalue weighted by Crippen LogP contribution is 2.21. The molecule has 0 aliphatic rings. The summed E-state index contributed by atoms with van der Waals surface area (Å²) in [4.78, 5) is 26.4. The van der Waals surface area contributed by atoms with E-state index in [2.05, 4.69) is 10.3 Å². The fourth-order valence-corrected chi connectivity index (χ4v) is 2.61. The number of rotatable bonds is 4. The van der Waals surface area contributed by atoms with E-state index in [0.717, 1.165) is 22.8 Å². The quantitative estimate of drug-likeness (QED) is 0.446. The smallest absolute Gasteiger partial charge is 0.395 e. The summed E-state index contributed by atoms with van der Waals surface area (Å²) in [5, 5.41) is 13.3. The fourth-order valence-electron chi connectivity index (χ4n) is 2.61. The van der Waals surface area contributed by atoms with Crippen LogP contribution in [0.5, 0.6) is 0 Å². The Bertz CT molecular complexity index is 1110. The third-order valence-corrected chi connectivity index (χ3v) is 3.85. The number of anilines is 1. The number of carbonyl (C=O) groups excluding carboxylic acids is 1. The predicted octanol–water partition coefficient (Wildman–Crippen LogP) is 3.78. The molecule has 0 spiro atoms. The Kier molecular flexibility index (Phi) is 3.70. The van der Waals surface area contributed by atoms with Crippen molar-refractivity contribution < 1.29 is 14.1 Å². The molecule has 4 aromatic rings. The molecule has 2 heterocycles. The Morgan fingerprint density at radius 1 is 1.08 bits per heavy atom. The van der Waals surface area contributed by atoms with Gasteiger partial charge in [-0.05, 0) is 42.5 Å². The molecule has 26 heavy (non-hydrogen) atoms. The van der Waals surface area contributed by atoms with Gasteiger partial charge in [0, 0.05) is 11.4 Å². The van der Waals surface area contributed by atoms with Crippen LogP contribution in [0.15, 0.2) is 71.4 Å². The first-order valence-corrected chi connectivity index (χ1v) is 7.70. The number of hydrogen-bond acceptors (Lipinski definition) is 5. The first kappa shape index (κ1) is 15.6. The van der Waals surface area contributed by atoms with Crippen LogP contribution >= 0.6 is 0 Å². The summed E-state index contributed by atoms with van der Waals surface area (Å²) >= 11 is 0. The maximum Gasteiger partial charge on any atom is 0.433 e. The van der Waals surface area contributed by atoms with Crippen LogP contribution in [-0.4, -0.2) is 20.4 Å². The summed E-state index contributed by atoms with van der Waals surface area (Å²) in [7, 11) is 0. The summed E-state index contributed by atoms with van der Waals surface area (Å²) in [6.07, 6.45) is 1.74. The van der Waals surface area contributed by atoms with Crippen molar-refractivity contribution in [3.8, 4) is 5.69 Å². The van der Waals surface area contributed by atoms with Crippen molar-refractivity contribution in [3.05, 3.63) is 82.9 Å². The zero-order valence-corrected chi connectivity index (χ0v) is 13.3. The van der Waals surface area contributed by atoms with Crippen molar-refractivity contribution >= 4 is 28.5 Å². The Morgan fingerprint density at radius 2 is 1.85 bits per heavy atom. The Balaban J connectivity index is 1.54. The van der Waals surface area contributed by atoms with E-state index in [1.54, 1.807) is 18.5 Å². The highest BCUT2D eigenvalue weighted by Gasteiger charge is 2.17. The van der Waals surface area contributed by atoms with E-state index in [1.807, 2.05) is 41.0 Å². The zero-order valence-electron chi connectivity index (χ0n) is 13.3. The van der Waals surface area contributed by atoms with Gasteiger partial charge in [0.2, 0.25) is 0 Å². The molecule has 0 radical (unpaired) electrons. The number of carbonyl (C=O) groups is 1. The highest BCUT2D eigenvalue weighted by molar-refractivity contribution is 6.02. The second-order valence-electron chi connectivity index (χ2n) is 5.50. The molecule has 8 heteroatoms. The molecule has 0 fully saturated rings. The van der Waals surface area contributed by atoms with Gasteiger partial charge in [-0.3, -0.25) is 19.5 Å². The van der Waals surface area contributed by atoms with Crippen molar-refractivity contribution in [3.63, 3.8) is 0 Å². The average Bonchev–Trinajstić information content (AvgIpc) is 3.30. The van der Waals surface area contributed by atoms with Gasteiger partial charge in [-0.15, -0.1) is 0 Å². The minimum Gasteiger partial charge on any atom is -0.395 e. The van der Waals surface area contributed by atoms with Gasteiger partial charge in [-0.2, -0.15) is 0 Å². The van der Waals surface area contributed by atoms with Gasteiger partial charge in [-0.1, -0.05) is 12.1 Å². The lowest BCUT2D eigenvalue weighted by molar-refractivity contribution is -0.402. The number of furan rings is 1. The number of nitrogens with one attached hydrogen (secondary N) is 1. The molecule has 0 aliphatic carbocycles. The molecule has 8 nitrogen and oxygen atoms in total. The number of benzene rings is 2. The fraction of sp³-hybridized carbons (Fsp3) is 0. The van der Waals surface area contributed by atoms with E-state index in [1.165, 1.54) is 6.07 Å². The summed E-state index contributed by atoms with van der Waals surface area (Å²) in [5.41, 5.74) is 3.31. The maximum absolute atomic E-state index is 12.1. The molecule has 0 unspecified atom stereocenters. The molecule has 0 aliphatic heterocycles. The molecular formula is C18H12N4O4. The van der Waals surface area contributed by atoms with Gasteiger partial charge in [0.25, 0.3) is 5.91 Å². The molecule has 1 N–H and O–H groups in total. The van der Waals surface area contributed by atoms with E-state index in [-0.39, 0.29) is 5.76 Å². The van der Waals surface area contributed by atoms with Gasteiger partial charge in [0.1, 0.15) is 11.3 Å². The summed E-state index contributed by atoms with van der Waals surface area (Å²) < 4.78 is 6.83. The Hall–Kier alpha value is -3.94. The normalized spacial score (nSPS) is 10.8. The summed E-state index contributed by atoms with van der Waals surface area (Å²) in [6.45, 7) is 0. The highest BCUT2D eigenvalue weighted by atomic mass is 16.6. The number of para-hydroxylation sites is 2. The molecule has 1 amide bonds. The number of nitrogens with zero attached hydrogens (tertiary/aromatic N) is 3. The molecule has 0 bridgehead atoms. The number of fused-ring (bicyclic) bond motifs is 1. The molecule has 128 valence electrons. The van der Waals surface area contributed by atoms with Gasteiger partial charge in [-0.25, -0.2) is 4.98 Å². The Morgan fingerprint density at radius 3 is 2.58 bits per heavy atom. The number of amides is 1. The van der Waals surface area contributed by atoms with Crippen molar-refractivity contribution in [2.45, 2.75) is 0 Å². The topological polar surface area (TPSA) is 103 Å². The lowest BCUT2D eigenvalue weighted by Gasteiger charge is -2.07.